The average Bonchev–Trinajstić information content (AvgIpc) is 3.02. The van der Waals surface area contributed by atoms with Gasteiger partial charge in [0, 0.05) is 36.8 Å². The van der Waals surface area contributed by atoms with Crippen molar-refractivity contribution in [3.8, 4) is 0 Å². The van der Waals surface area contributed by atoms with E-state index in [9.17, 15) is 4.39 Å². The number of hydrogen-bond acceptors (Lipinski definition) is 1. The summed E-state index contributed by atoms with van der Waals surface area (Å²) >= 11 is 0. The average molecular weight is 306 g/mol. The Kier molecular flexibility index (Phi) is 3.72. The SMILES string of the molecule is Fc1cccc2c(C3=CCCN(Cc4ccccc4)C3)c[nH]c12. The standard InChI is InChI=1S/C20H19FN2/c21-19-10-4-9-17-18(12-22-20(17)19)16-8-5-11-23(14-16)13-15-6-2-1-3-7-15/h1-4,6-10,12,22H,5,11,13-14H2. The molecule has 1 aliphatic rings. The molecule has 0 saturated carbocycles. The summed E-state index contributed by atoms with van der Waals surface area (Å²) in [6.45, 7) is 2.92. The fourth-order valence-electron chi connectivity index (χ4n) is 3.36. The summed E-state index contributed by atoms with van der Waals surface area (Å²) < 4.78 is 13.9. The van der Waals surface area contributed by atoms with E-state index in [1.165, 1.54) is 17.2 Å². The lowest BCUT2D eigenvalue weighted by Crippen LogP contribution is -2.28. The number of benzene rings is 2. The molecule has 0 bridgehead atoms. The Balaban J connectivity index is 1.59. The third-order valence-corrected chi connectivity index (χ3v) is 4.49. The summed E-state index contributed by atoms with van der Waals surface area (Å²) in [6.07, 6.45) is 5.25. The van der Waals surface area contributed by atoms with Crippen LogP contribution < -0.4 is 0 Å². The molecule has 23 heavy (non-hydrogen) atoms. The fraction of sp³-hybridized carbons (Fsp3) is 0.200. The Labute approximate surface area is 135 Å². The minimum Gasteiger partial charge on any atom is -0.358 e. The van der Waals surface area contributed by atoms with Crippen LogP contribution >= 0.6 is 0 Å². The fourth-order valence-corrected chi connectivity index (χ4v) is 3.36. The first-order chi connectivity index (χ1) is 11.3. The van der Waals surface area contributed by atoms with Crippen molar-refractivity contribution < 1.29 is 4.39 Å². The molecule has 1 N–H and O–H groups in total. The van der Waals surface area contributed by atoms with E-state index in [0.717, 1.165) is 37.0 Å². The van der Waals surface area contributed by atoms with Gasteiger partial charge >= 0.3 is 0 Å². The van der Waals surface area contributed by atoms with Crippen LogP contribution in [0, 0.1) is 5.82 Å². The van der Waals surface area contributed by atoms with E-state index in [0.29, 0.717) is 5.52 Å². The van der Waals surface area contributed by atoms with E-state index < -0.39 is 0 Å². The zero-order valence-corrected chi connectivity index (χ0v) is 12.9. The number of halogens is 1. The van der Waals surface area contributed by atoms with E-state index in [2.05, 4.69) is 40.2 Å². The molecule has 0 aliphatic carbocycles. The molecule has 0 amide bonds. The predicted molar refractivity (Wildman–Crippen MR) is 92.6 cm³/mol. The topological polar surface area (TPSA) is 19.0 Å². The Bertz CT molecular complexity index is 848. The number of hydrogen-bond donors (Lipinski definition) is 1. The third kappa shape index (κ3) is 2.80. The zero-order valence-electron chi connectivity index (χ0n) is 12.9. The highest BCUT2D eigenvalue weighted by molar-refractivity contribution is 5.93. The minimum absolute atomic E-state index is 0.189. The molecular weight excluding hydrogens is 287 g/mol. The smallest absolute Gasteiger partial charge is 0.147 e. The first-order valence-electron chi connectivity index (χ1n) is 8.02. The predicted octanol–water partition coefficient (Wildman–Crippen LogP) is 4.60. The van der Waals surface area contributed by atoms with Gasteiger partial charge in [0.05, 0.1) is 5.52 Å². The number of nitrogens with one attached hydrogen (secondary N) is 1. The number of aromatic amines is 1. The van der Waals surface area contributed by atoms with E-state index in [1.54, 1.807) is 6.07 Å². The van der Waals surface area contributed by atoms with Crippen molar-refractivity contribution in [1.29, 1.82) is 0 Å². The maximum Gasteiger partial charge on any atom is 0.147 e. The summed E-state index contributed by atoms with van der Waals surface area (Å²) in [6, 6.07) is 15.8. The molecule has 1 aromatic heterocycles. The van der Waals surface area contributed by atoms with Crippen molar-refractivity contribution in [3.05, 3.63) is 77.7 Å². The van der Waals surface area contributed by atoms with Crippen LogP contribution in [0.1, 0.15) is 17.5 Å². The number of para-hydroxylation sites is 1. The number of rotatable bonds is 3. The van der Waals surface area contributed by atoms with Gasteiger partial charge in [-0.1, -0.05) is 48.5 Å². The minimum atomic E-state index is -0.189. The van der Waals surface area contributed by atoms with E-state index in [1.807, 2.05) is 18.3 Å². The highest BCUT2D eigenvalue weighted by Crippen LogP contribution is 2.29. The maximum atomic E-state index is 13.9. The van der Waals surface area contributed by atoms with Crippen molar-refractivity contribution in [2.75, 3.05) is 13.1 Å². The number of fused-ring (bicyclic) bond motifs is 1. The largest absolute Gasteiger partial charge is 0.358 e. The number of aromatic nitrogens is 1. The Morgan fingerprint density at radius 2 is 1.91 bits per heavy atom. The molecule has 3 aromatic rings. The molecule has 0 fully saturated rings. The molecular formula is C20H19FN2. The van der Waals surface area contributed by atoms with Crippen molar-refractivity contribution in [2.45, 2.75) is 13.0 Å². The van der Waals surface area contributed by atoms with Gasteiger partial charge in [0.2, 0.25) is 0 Å². The number of H-pyrrole nitrogens is 1. The van der Waals surface area contributed by atoms with E-state index in [-0.39, 0.29) is 5.82 Å². The van der Waals surface area contributed by atoms with Gasteiger partial charge in [0.25, 0.3) is 0 Å². The van der Waals surface area contributed by atoms with Crippen LogP contribution in [0.15, 0.2) is 60.8 Å². The van der Waals surface area contributed by atoms with Gasteiger partial charge in [-0.3, -0.25) is 4.90 Å². The van der Waals surface area contributed by atoms with Gasteiger partial charge in [-0.15, -0.1) is 0 Å². The molecule has 0 spiro atoms. The van der Waals surface area contributed by atoms with Gasteiger partial charge in [0.15, 0.2) is 0 Å². The molecule has 0 radical (unpaired) electrons. The lowest BCUT2D eigenvalue weighted by Gasteiger charge is -2.27. The van der Waals surface area contributed by atoms with Crippen molar-refractivity contribution in [1.82, 2.24) is 9.88 Å². The molecule has 2 nitrogen and oxygen atoms in total. The first kappa shape index (κ1) is 14.2. The summed E-state index contributed by atoms with van der Waals surface area (Å²) in [5.41, 5.74) is 4.34. The second-order valence-electron chi connectivity index (χ2n) is 6.08. The molecule has 2 aromatic carbocycles. The van der Waals surface area contributed by atoms with Gasteiger partial charge < -0.3 is 4.98 Å². The van der Waals surface area contributed by atoms with Crippen LogP contribution in [0.4, 0.5) is 4.39 Å². The van der Waals surface area contributed by atoms with E-state index in [4.69, 9.17) is 0 Å². The quantitative estimate of drug-likeness (QED) is 0.749. The lowest BCUT2D eigenvalue weighted by molar-refractivity contribution is 0.296. The maximum absolute atomic E-state index is 13.9. The molecule has 0 saturated heterocycles. The summed E-state index contributed by atoms with van der Waals surface area (Å²) in [5, 5.41) is 0.970. The Hall–Kier alpha value is -2.39. The molecule has 4 rings (SSSR count). The van der Waals surface area contributed by atoms with Crippen LogP contribution in [-0.2, 0) is 6.54 Å². The van der Waals surface area contributed by atoms with Gasteiger partial charge in [-0.2, -0.15) is 0 Å². The van der Waals surface area contributed by atoms with Crippen LogP contribution in [0.3, 0.4) is 0 Å². The third-order valence-electron chi connectivity index (χ3n) is 4.49. The normalized spacial score (nSPS) is 15.8. The molecule has 0 atom stereocenters. The Morgan fingerprint density at radius 1 is 1.04 bits per heavy atom. The van der Waals surface area contributed by atoms with Crippen LogP contribution in [-0.4, -0.2) is 23.0 Å². The van der Waals surface area contributed by atoms with E-state index >= 15 is 0 Å². The zero-order chi connectivity index (χ0) is 15.6. The molecule has 2 heterocycles. The highest BCUT2D eigenvalue weighted by atomic mass is 19.1. The van der Waals surface area contributed by atoms with Crippen molar-refractivity contribution >= 4 is 16.5 Å². The molecule has 1 aliphatic heterocycles. The highest BCUT2D eigenvalue weighted by Gasteiger charge is 2.17. The van der Waals surface area contributed by atoms with Crippen LogP contribution in [0.2, 0.25) is 0 Å². The number of nitrogens with zero attached hydrogens (tertiary/aromatic N) is 1. The first-order valence-corrected chi connectivity index (χ1v) is 8.02. The van der Waals surface area contributed by atoms with Crippen molar-refractivity contribution in [2.24, 2.45) is 0 Å². The van der Waals surface area contributed by atoms with Crippen molar-refractivity contribution in [3.63, 3.8) is 0 Å². The summed E-state index contributed by atoms with van der Waals surface area (Å²) in [4.78, 5) is 5.53. The Morgan fingerprint density at radius 3 is 2.78 bits per heavy atom. The molecule has 3 heteroatoms. The lowest BCUT2D eigenvalue weighted by atomic mass is 10.00. The van der Waals surface area contributed by atoms with Gasteiger partial charge in [-0.25, -0.2) is 4.39 Å². The van der Waals surface area contributed by atoms with Crippen LogP contribution in [0.5, 0.6) is 0 Å². The van der Waals surface area contributed by atoms with Crippen LogP contribution in [0.25, 0.3) is 16.5 Å². The summed E-state index contributed by atoms with van der Waals surface area (Å²) in [7, 11) is 0. The van der Waals surface area contributed by atoms with Gasteiger partial charge in [-0.05, 0) is 23.6 Å². The van der Waals surface area contributed by atoms with Gasteiger partial charge in [0.1, 0.15) is 5.82 Å². The molecule has 116 valence electrons. The monoisotopic (exact) mass is 306 g/mol. The molecule has 0 unspecified atom stereocenters. The second-order valence-corrected chi connectivity index (χ2v) is 6.08. The second kappa shape index (κ2) is 6.01. The summed E-state index contributed by atoms with van der Waals surface area (Å²) in [5.74, 6) is -0.189.